The van der Waals surface area contributed by atoms with Crippen LogP contribution in [0.1, 0.15) is 18.9 Å². The van der Waals surface area contributed by atoms with Gasteiger partial charge in [0.15, 0.2) is 5.03 Å². The summed E-state index contributed by atoms with van der Waals surface area (Å²) in [5.41, 5.74) is 0.656. The van der Waals surface area contributed by atoms with Crippen LogP contribution < -0.4 is 10.0 Å². The minimum atomic E-state index is -3.46. The van der Waals surface area contributed by atoms with Gasteiger partial charge >= 0.3 is 0 Å². The monoisotopic (exact) mass is 258 g/mol. The summed E-state index contributed by atoms with van der Waals surface area (Å²) >= 11 is 0. The topological polar surface area (TPSA) is 86.9 Å². The first-order chi connectivity index (χ1) is 8.04. The molecule has 3 N–H and O–H groups in total. The van der Waals surface area contributed by atoms with Gasteiger partial charge in [0.05, 0.1) is 6.20 Å². The van der Waals surface area contributed by atoms with Crippen LogP contribution in [-0.4, -0.2) is 32.2 Å². The van der Waals surface area contributed by atoms with Gasteiger partial charge in [-0.2, -0.15) is 5.10 Å². The first-order valence-electron chi connectivity index (χ1n) is 5.71. The molecule has 96 valence electrons. The Labute approximate surface area is 101 Å². The van der Waals surface area contributed by atoms with Gasteiger partial charge in [0.25, 0.3) is 10.0 Å². The number of H-pyrrole nitrogens is 1. The predicted molar refractivity (Wildman–Crippen MR) is 63.8 cm³/mol. The van der Waals surface area contributed by atoms with Gasteiger partial charge in [-0.15, -0.1) is 0 Å². The molecule has 0 aromatic carbocycles. The summed E-state index contributed by atoms with van der Waals surface area (Å²) in [4.78, 5) is 0. The van der Waals surface area contributed by atoms with E-state index in [1.165, 1.54) is 6.20 Å². The van der Waals surface area contributed by atoms with Crippen LogP contribution >= 0.6 is 0 Å². The number of aromatic nitrogens is 2. The van der Waals surface area contributed by atoms with E-state index >= 15 is 0 Å². The highest BCUT2D eigenvalue weighted by atomic mass is 32.2. The third-order valence-corrected chi connectivity index (χ3v) is 4.56. The summed E-state index contributed by atoms with van der Waals surface area (Å²) in [5.74, 6) is 1.12. The lowest BCUT2D eigenvalue weighted by atomic mass is 10.3. The van der Waals surface area contributed by atoms with Crippen molar-refractivity contribution in [3.05, 3.63) is 11.8 Å². The van der Waals surface area contributed by atoms with Crippen LogP contribution in [0.5, 0.6) is 0 Å². The average molecular weight is 258 g/mol. The zero-order valence-corrected chi connectivity index (χ0v) is 10.8. The van der Waals surface area contributed by atoms with Crippen LogP contribution in [0, 0.1) is 11.8 Å². The highest BCUT2D eigenvalue weighted by Crippen LogP contribution is 2.37. The lowest BCUT2D eigenvalue weighted by Gasteiger charge is -2.06. The van der Waals surface area contributed by atoms with Gasteiger partial charge in [0.2, 0.25) is 0 Å². The molecule has 17 heavy (non-hydrogen) atoms. The molecule has 0 amide bonds. The number of hydrogen-bond acceptors (Lipinski definition) is 4. The Bertz CT molecular complexity index is 482. The number of hydrogen-bond donors (Lipinski definition) is 3. The van der Waals surface area contributed by atoms with E-state index in [9.17, 15) is 8.42 Å². The average Bonchev–Trinajstić information content (AvgIpc) is 2.77. The molecule has 0 radical (unpaired) electrons. The van der Waals surface area contributed by atoms with E-state index in [-0.39, 0.29) is 5.03 Å². The second-order valence-corrected chi connectivity index (χ2v) is 6.28. The molecule has 0 saturated heterocycles. The molecule has 0 aliphatic heterocycles. The second kappa shape index (κ2) is 4.75. The van der Waals surface area contributed by atoms with Gasteiger partial charge in [-0.3, -0.25) is 5.10 Å². The zero-order chi connectivity index (χ0) is 12.5. The highest BCUT2D eigenvalue weighted by molar-refractivity contribution is 7.89. The second-order valence-electron chi connectivity index (χ2n) is 4.58. The van der Waals surface area contributed by atoms with Crippen molar-refractivity contribution in [3.63, 3.8) is 0 Å². The van der Waals surface area contributed by atoms with E-state index in [2.05, 4.69) is 27.2 Å². The fourth-order valence-corrected chi connectivity index (χ4v) is 3.04. The molecule has 6 nitrogen and oxygen atoms in total. The van der Waals surface area contributed by atoms with Crippen molar-refractivity contribution in [2.45, 2.75) is 24.9 Å². The fraction of sp³-hybridized carbons (Fsp3) is 0.700. The molecule has 2 rings (SSSR count). The molecule has 2 atom stereocenters. The third kappa shape index (κ3) is 2.85. The maximum atomic E-state index is 12.0. The van der Waals surface area contributed by atoms with Crippen molar-refractivity contribution in [2.75, 3.05) is 13.6 Å². The van der Waals surface area contributed by atoms with Crippen molar-refractivity contribution in [1.82, 2.24) is 20.2 Å². The van der Waals surface area contributed by atoms with Gasteiger partial charge < -0.3 is 5.32 Å². The highest BCUT2D eigenvalue weighted by Gasteiger charge is 2.33. The normalized spacial score (nSPS) is 23.9. The quantitative estimate of drug-likeness (QED) is 0.673. The summed E-state index contributed by atoms with van der Waals surface area (Å²) in [6.07, 6.45) is 2.64. The molecule has 1 fully saturated rings. The van der Waals surface area contributed by atoms with Gasteiger partial charge in [-0.25, -0.2) is 13.1 Å². The van der Waals surface area contributed by atoms with E-state index in [1.807, 2.05) is 0 Å². The minimum absolute atomic E-state index is 0.167. The number of aromatic amines is 1. The first kappa shape index (κ1) is 12.5. The Kier molecular flexibility index (Phi) is 3.50. The van der Waals surface area contributed by atoms with Gasteiger partial charge in [0, 0.05) is 18.7 Å². The van der Waals surface area contributed by atoms with Gasteiger partial charge in [-0.1, -0.05) is 6.92 Å². The third-order valence-electron chi connectivity index (χ3n) is 3.13. The molecule has 1 saturated carbocycles. The van der Waals surface area contributed by atoms with E-state index in [0.29, 0.717) is 30.5 Å². The molecule has 1 aromatic heterocycles. The molecule has 1 aromatic rings. The largest absolute Gasteiger partial charge is 0.316 e. The van der Waals surface area contributed by atoms with Crippen molar-refractivity contribution in [1.29, 1.82) is 0 Å². The molecular weight excluding hydrogens is 240 g/mol. The molecular formula is C10H18N4O2S. The Morgan fingerprint density at radius 2 is 2.29 bits per heavy atom. The summed E-state index contributed by atoms with van der Waals surface area (Å²) in [7, 11) is -1.69. The van der Waals surface area contributed by atoms with Crippen LogP contribution in [0.2, 0.25) is 0 Å². The lowest BCUT2D eigenvalue weighted by molar-refractivity contribution is 0.568. The number of rotatable bonds is 6. The molecule has 1 heterocycles. The van der Waals surface area contributed by atoms with Crippen molar-refractivity contribution >= 4 is 10.0 Å². The van der Waals surface area contributed by atoms with E-state index in [0.717, 1.165) is 6.42 Å². The lowest BCUT2D eigenvalue weighted by Crippen LogP contribution is -2.27. The Morgan fingerprint density at radius 3 is 2.88 bits per heavy atom. The van der Waals surface area contributed by atoms with Crippen molar-refractivity contribution < 1.29 is 8.42 Å². The van der Waals surface area contributed by atoms with Crippen molar-refractivity contribution in [3.8, 4) is 0 Å². The molecule has 0 bridgehead atoms. The van der Waals surface area contributed by atoms with E-state index in [4.69, 9.17) is 0 Å². The smallest absolute Gasteiger partial charge is 0.257 e. The number of nitrogens with zero attached hydrogens (tertiary/aromatic N) is 1. The molecule has 1 aliphatic rings. The van der Waals surface area contributed by atoms with Crippen LogP contribution in [0.15, 0.2) is 11.2 Å². The van der Waals surface area contributed by atoms with Crippen LogP contribution in [0.25, 0.3) is 0 Å². The zero-order valence-electron chi connectivity index (χ0n) is 10.0. The Morgan fingerprint density at radius 1 is 1.59 bits per heavy atom. The summed E-state index contributed by atoms with van der Waals surface area (Å²) in [6, 6.07) is 0. The molecule has 0 spiro atoms. The maximum Gasteiger partial charge on any atom is 0.257 e. The minimum Gasteiger partial charge on any atom is -0.316 e. The Hall–Kier alpha value is -0.920. The summed E-state index contributed by atoms with van der Waals surface area (Å²) < 4.78 is 26.7. The van der Waals surface area contributed by atoms with E-state index in [1.54, 1.807) is 7.05 Å². The first-order valence-corrected chi connectivity index (χ1v) is 7.19. The van der Waals surface area contributed by atoms with Gasteiger partial charge in [-0.05, 0) is 25.3 Å². The van der Waals surface area contributed by atoms with E-state index < -0.39 is 10.0 Å². The van der Waals surface area contributed by atoms with Crippen molar-refractivity contribution in [2.24, 2.45) is 11.8 Å². The standard InChI is InChI=1S/C10H18N4O2S/c1-7-3-8(7)6-13-17(15,16)10-9(4-11-2)5-12-14-10/h5,7-8,11,13H,3-4,6H2,1-2H3,(H,12,14). The van der Waals surface area contributed by atoms with Crippen LogP contribution in [-0.2, 0) is 16.6 Å². The SMILES string of the molecule is CNCc1cn[nH]c1S(=O)(=O)NCC1CC1C. The van der Waals surface area contributed by atoms with Crippen LogP contribution in [0.3, 0.4) is 0 Å². The molecule has 2 unspecified atom stereocenters. The van der Waals surface area contributed by atoms with Crippen LogP contribution in [0.4, 0.5) is 0 Å². The predicted octanol–water partition coefficient (Wildman–Crippen LogP) is 0.0634. The fourth-order valence-electron chi connectivity index (χ4n) is 1.82. The number of nitrogens with one attached hydrogen (secondary N) is 3. The Balaban J connectivity index is 2.05. The molecule has 7 heteroatoms. The molecule has 1 aliphatic carbocycles. The summed E-state index contributed by atoms with van der Waals surface area (Å²) in [6.45, 7) is 3.12. The maximum absolute atomic E-state index is 12.0. The van der Waals surface area contributed by atoms with Gasteiger partial charge in [0.1, 0.15) is 0 Å². The number of sulfonamides is 1. The summed E-state index contributed by atoms with van der Waals surface area (Å²) in [5, 5.41) is 9.41.